The van der Waals surface area contributed by atoms with E-state index in [1.165, 1.54) is 0 Å². The molecule has 2 atom stereocenters. The van der Waals surface area contributed by atoms with E-state index in [-0.39, 0.29) is 5.91 Å². The van der Waals surface area contributed by atoms with Crippen LogP contribution in [0.1, 0.15) is 45.0 Å². The van der Waals surface area contributed by atoms with Gasteiger partial charge in [-0.25, -0.2) is 0 Å². The molecule has 4 aromatic carbocycles. The van der Waals surface area contributed by atoms with Gasteiger partial charge in [0.1, 0.15) is 24.7 Å². The van der Waals surface area contributed by atoms with Crippen molar-refractivity contribution < 1.29 is 33.2 Å². The number of rotatable bonds is 11. The number of nitrogens with zero attached hydrogens (tertiary/aromatic N) is 1. The summed E-state index contributed by atoms with van der Waals surface area (Å²) in [6, 6.07) is 21.1. The average Bonchev–Trinajstić information content (AvgIpc) is 3.09. The van der Waals surface area contributed by atoms with Crippen molar-refractivity contribution in [3.8, 4) is 34.5 Å². The van der Waals surface area contributed by atoms with Crippen LogP contribution in [0.5, 0.6) is 34.5 Å². The number of carbonyl (C=O) groups excluding carboxylic acids is 1. The van der Waals surface area contributed by atoms with Gasteiger partial charge in [0.15, 0.2) is 23.0 Å². The number of hydrogen-bond donors (Lipinski definition) is 1. The fourth-order valence-electron chi connectivity index (χ4n) is 6.97. The molecule has 0 unspecified atom stereocenters. The Labute approximate surface area is 282 Å². The van der Waals surface area contributed by atoms with Gasteiger partial charge in [0.05, 0.1) is 40.5 Å². The Morgan fingerprint density at radius 1 is 0.750 bits per heavy atom. The third kappa shape index (κ3) is 5.90. The molecule has 2 aliphatic heterocycles. The summed E-state index contributed by atoms with van der Waals surface area (Å²) in [7, 11) is 8.50. The molecule has 2 aliphatic rings. The minimum absolute atomic E-state index is 0.0994. The van der Waals surface area contributed by atoms with Crippen LogP contribution in [0.4, 0.5) is 0 Å². The first-order valence-corrected chi connectivity index (χ1v) is 15.9. The molecule has 2 bridgehead atoms. The third-order valence-electron chi connectivity index (χ3n) is 9.21. The third-order valence-corrected chi connectivity index (χ3v) is 9.21. The standard InChI is InChI=1S/C39H42N2O7/c1-23-34(43-4)27(19-31(36(23)45-6)47-21-25-14-10-8-11-15-25)18-29-33-32-28(20-30(41(33)3)39(42)40-29)35(44-5)24(2)37(46-7)38(32)48-22-26-16-12-9-13-17-26/h8-19,30,33H,20-22H2,1-7H3,(H,40,42)/b29-18-/t30-,33-/m1/s1. The van der Waals surface area contributed by atoms with Crippen LogP contribution in [-0.2, 0) is 24.4 Å². The number of nitrogens with one attached hydrogen (secondary N) is 1. The molecule has 0 saturated carbocycles. The van der Waals surface area contributed by atoms with Gasteiger partial charge in [-0.3, -0.25) is 9.69 Å². The Bertz CT molecular complexity index is 1840. The molecular formula is C39H42N2O7. The van der Waals surface area contributed by atoms with Crippen molar-refractivity contribution in [1.29, 1.82) is 0 Å². The van der Waals surface area contributed by atoms with E-state index in [4.69, 9.17) is 28.4 Å². The fourth-order valence-corrected chi connectivity index (χ4v) is 6.97. The highest BCUT2D eigenvalue weighted by Gasteiger charge is 2.47. The van der Waals surface area contributed by atoms with Gasteiger partial charge in [-0.1, -0.05) is 60.7 Å². The summed E-state index contributed by atoms with van der Waals surface area (Å²) >= 11 is 0. The Balaban J connectivity index is 1.51. The second-order valence-corrected chi connectivity index (χ2v) is 12.0. The van der Waals surface area contributed by atoms with Gasteiger partial charge in [-0.15, -0.1) is 0 Å². The number of likely N-dealkylation sites (N-methyl/N-ethyl adjacent to an activating group) is 1. The number of carbonyl (C=O) groups is 1. The summed E-state index contributed by atoms with van der Waals surface area (Å²) in [5.74, 6) is 3.57. The summed E-state index contributed by atoms with van der Waals surface area (Å²) in [6.45, 7) is 4.59. The zero-order valence-corrected chi connectivity index (χ0v) is 28.5. The lowest BCUT2D eigenvalue weighted by molar-refractivity contribution is -0.128. The van der Waals surface area contributed by atoms with Gasteiger partial charge < -0.3 is 33.7 Å². The van der Waals surface area contributed by atoms with Crippen LogP contribution in [0.3, 0.4) is 0 Å². The number of hydrogen-bond acceptors (Lipinski definition) is 8. The molecule has 6 rings (SSSR count). The highest BCUT2D eigenvalue weighted by molar-refractivity contribution is 5.89. The van der Waals surface area contributed by atoms with Crippen LogP contribution in [0.15, 0.2) is 72.4 Å². The van der Waals surface area contributed by atoms with E-state index in [2.05, 4.69) is 10.2 Å². The first-order valence-electron chi connectivity index (χ1n) is 15.9. The molecule has 1 fully saturated rings. The molecule has 0 spiro atoms. The number of amides is 1. The molecular weight excluding hydrogens is 608 g/mol. The van der Waals surface area contributed by atoms with Crippen molar-refractivity contribution in [2.24, 2.45) is 0 Å². The molecule has 0 aliphatic carbocycles. The van der Waals surface area contributed by atoms with E-state index in [1.54, 1.807) is 28.4 Å². The molecule has 0 aromatic heterocycles. The van der Waals surface area contributed by atoms with Crippen LogP contribution in [0.2, 0.25) is 0 Å². The Kier molecular flexibility index (Phi) is 9.50. The Morgan fingerprint density at radius 2 is 1.31 bits per heavy atom. The minimum Gasteiger partial charge on any atom is -0.496 e. The first-order chi connectivity index (χ1) is 23.3. The lowest BCUT2D eigenvalue weighted by Gasteiger charge is -2.46. The van der Waals surface area contributed by atoms with E-state index >= 15 is 0 Å². The summed E-state index contributed by atoms with van der Waals surface area (Å²) < 4.78 is 36.7. The predicted octanol–water partition coefficient (Wildman–Crippen LogP) is 6.56. The molecule has 1 amide bonds. The van der Waals surface area contributed by atoms with Crippen LogP contribution in [0.25, 0.3) is 6.08 Å². The number of methoxy groups -OCH3 is 4. The lowest BCUT2D eigenvalue weighted by Crippen LogP contribution is -2.57. The van der Waals surface area contributed by atoms with Crippen molar-refractivity contribution in [3.63, 3.8) is 0 Å². The lowest BCUT2D eigenvalue weighted by atomic mass is 9.81. The van der Waals surface area contributed by atoms with Crippen LogP contribution in [0, 0.1) is 13.8 Å². The highest BCUT2D eigenvalue weighted by Crippen LogP contribution is 2.53. The van der Waals surface area contributed by atoms with Gasteiger partial charge in [-0.05, 0) is 44.2 Å². The van der Waals surface area contributed by atoms with Gasteiger partial charge in [0, 0.05) is 39.9 Å². The monoisotopic (exact) mass is 650 g/mol. The van der Waals surface area contributed by atoms with E-state index in [1.807, 2.05) is 93.7 Å². The largest absolute Gasteiger partial charge is 0.496 e. The Morgan fingerprint density at radius 3 is 1.90 bits per heavy atom. The van der Waals surface area contributed by atoms with E-state index in [0.717, 1.165) is 38.9 Å². The molecule has 9 heteroatoms. The van der Waals surface area contributed by atoms with Crippen LogP contribution in [-0.4, -0.2) is 52.3 Å². The van der Waals surface area contributed by atoms with Crippen molar-refractivity contribution in [1.82, 2.24) is 10.2 Å². The first kappa shape index (κ1) is 32.8. The van der Waals surface area contributed by atoms with Crippen LogP contribution >= 0.6 is 0 Å². The van der Waals surface area contributed by atoms with E-state index in [0.29, 0.717) is 59.8 Å². The molecule has 9 nitrogen and oxygen atoms in total. The van der Waals surface area contributed by atoms with Crippen molar-refractivity contribution in [2.45, 2.75) is 45.6 Å². The molecule has 4 aromatic rings. The SMILES string of the molecule is COc1c(/C=C2\NC(=O)[C@H]3Cc4c(OC)c(C)c(OC)c(OCc5ccccc5)c4[C@@H]2N3C)cc(OCc2ccccc2)c(OC)c1C. The topological polar surface area (TPSA) is 87.7 Å². The second kappa shape index (κ2) is 13.9. The molecule has 1 N–H and O–H groups in total. The normalized spacial score (nSPS) is 17.7. The second-order valence-electron chi connectivity index (χ2n) is 12.0. The quantitative estimate of drug-likeness (QED) is 0.195. The molecule has 1 saturated heterocycles. The molecule has 250 valence electrons. The van der Waals surface area contributed by atoms with Crippen molar-refractivity contribution in [3.05, 3.63) is 111 Å². The summed E-state index contributed by atoms with van der Waals surface area (Å²) in [5, 5.41) is 3.22. The van der Waals surface area contributed by atoms with Crippen LogP contribution < -0.4 is 33.7 Å². The fraction of sp³-hybridized carbons (Fsp3) is 0.308. The molecule has 48 heavy (non-hydrogen) atoms. The number of piperazine rings is 1. The highest BCUT2D eigenvalue weighted by atomic mass is 16.5. The maximum atomic E-state index is 13.7. The number of ether oxygens (including phenoxy) is 6. The average molecular weight is 651 g/mol. The van der Waals surface area contributed by atoms with E-state index < -0.39 is 12.1 Å². The maximum Gasteiger partial charge on any atom is 0.241 e. The summed E-state index contributed by atoms with van der Waals surface area (Å²) in [6.07, 6.45) is 2.41. The zero-order valence-electron chi connectivity index (χ0n) is 28.5. The smallest absolute Gasteiger partial charge is 0.241 e. The maximum absolute atomic E-state index is 13.7. The number of benzene rings is 4. The molecule has 2 heterocycles. The van der Waals surface area contributed by atoms with E-state index in [9.17, 15) is 4.79 Å². The van der Waals surface area contributed by atoms with Gasteiger partial charge in [0.25, 0.3) is 0 Å². The predicted molar refractivity (Wildman–Crippen MR) is 184 cm³/mol. The summed E-state index contributed by atoms with van der Waals surface area (Å²) in [5.41, 5.74) is 6.86. The van der Waals surface area contributed by atoms with Gasteiger partial charge in [0.2, 0.25) is 5.91 Å². The number of fused-ring (bicyclic) bond motifs is 4. The molecule has 0 radical (unpaired) electrons. The summed E-state index contributed by atoms with van der Waals surface area (Å²) in [4.78, 5) is 15.8. The van der Waals surface area contributed by atoms with Crippen molar-refractivity contribution in [2.75, 3.05) is 35.5 Å². The van der Waals surface area contributed by atoms with Gasteiger partial charge in [-0.2, -0.15) is 0 Å². The minimum atomic E-state index is -0.410. The Hall–Kier alpha value is -5.15. The zero-order chi connectivity index (χ0) is 33.9. The van der Waals surface area contributed by atoms with Crippen molar-refractivity contribution >= 4 is 12.0 Å². The van der Waals surface area contributed by atoms with Gasteiger partial charge >= 0.3 is 0 Å².